The first-order chi connectivity index (χ1) is 9.99. The van der Waals surface area contributed by atoms with Crippen molar-refractivity contribution in [2.75, 3.05) is 20.6 Å². The number of nitrogens with one attached hydrogen (secondary N) is 1. The van der Waals surface area contributed by atoms with Crippen LogP contribution in [-0.2, 0) is 0 Å². The molecule has 2 heterocycles. The highest BCUT2D eigenvalue weighted by Gasteiger charge is 2.18. The Morgan fingerprint density at radius 1 is 1.38 bits per heavy atom. The van der Waals surface area contributed by atoms with Crippen LogP contribution in [0, 0.1) is 0 Å². The maximum absolute atomic E-state index is 12.2. The summed E-state index contributed by atoms with van der Waals surface area (Å²) < 4.78 is 0. The van der Waals surface area contributed by atoms with Gasteiger partial charge in [-0.2, -0.15) is 0 Å². The van der Waals surface area contributed by atoms with E-state index < -0.39 is 0 Å². The fourth-order valence-electron chi connectivity index (χ4n) is 1.87. The van der Waals surface area contributed by atoms with Crippen molar-refractivity contribution in [3.05, 3.63) is 50.4 Å². The first-order valence-corrected chi connectivity index (χ1v) is 7.92. The third kappa shape index (κ3) is 4.17. The molecule has 0 radical (unpaired) electrons. The molecule has 1 N–H and O–H groups in total. The topological polar surface area (TPSA) is 45.2 Å². The lowest BCUT2D eigenvalue weighted by molar-refractivity contribution is 0.0937. The molecule has 0 spiro atoms. The van der Waals surface area contributed by atoms with Crippen molar-refractivity contribution in [2.45, 2.75) is 6.04 Å². The lowest BCUT2D eigenvalue weighted by Gasteiger charge is -2.23. The molecular formula is C14H15Cl2N3OS. The van der Waals surface area contributed by atoms with Gasteiger partial charge < -0.3 is 10.2 Å². The molecule has 21 heavy (non-hydrogen) atoms. The molecule has 1 atom stereocenters. The molecule has 0 saturated carbocycles. The number of hydrogen-bond donors (Lipinski definition) is 1. The number of pyridine rings is 1. The van der Waals surface area contributed by atoms with E-state index in [2.05, 4.69) is 15.2 Å². The number of hydrogen-bond acceptors (Lipinski definition) is 4. The smallest absolute Gasteiger partial charge is 0.271 e. The van der Waals surface area contributed by atoms with Gasteiger partial charge in [-0.25, -0.2) is 4.98 Å². The van der Waals surface area contributed by atoms with Crippen LogP contribution >= 0.6 is 34.5 Å². The molecule has 0 bridgehead atoms. The molecule has 0 fully saturated rings. The molecule has 2 rings (SSSR count). The van der Waals surface area contributed by atoms with Crippen LogP contribution in [0.25, 0.3) is 0 Å². The summed E-state index contributed by atoms with van der Waals surface area (Å²) >= 11 is 13.4. The molecule has 1 amide bonds. The summed E-state index contributed by atoms with van der Waals surface area (Å²) in [7, 11) is 3.95. The minimum Gasteiger partial charge on any atom is -0.349 e. The second kappa shape index (κ2) is 7.22. The molecule has 7 heteroatoms. The Labute approximate surface area is 137 Å². The minimum atomic E-state index is -0.328. The Morgan fingerprint density at radius 3 is 2.76 bits per heavy atom. The SMILES string of the molecule is CN(C)[C@@H](CNC(=O)c1nc(Cl)ccc1Cl)c1cccs1. The van der Waals surface area contributed by atoms with Crippen LogP contribution in [0.2, 0.25) is 10.2 Å². The van der Waals surface area contributed by atoms with E-state index in [1.807, 2.05) is 31.6 Å². The molecule has 0 aliphatic heterocycles. The fourth-order valence-corrected chi connectivity index (χ4v) is 3.13. The summed E-state index contributed by atoms with van der Waals surface area (Å²) in [4.78, 5) is 19.4. The molecule has 0 saturated heterocycles. The van der Waals surface area contributed by atoms with Gasteiger partial charge in [0.05, 0.1) is 11.1 Å². The summed E-state index contributed by atoms with van der Waals surface area (Å²) in [5.74, 6) is -0.328. The number of thiophene rings is 1. The summed E-state index contributed by atoms with van der Waals surface area (Å²) in [6.45, 7) is 0.469. The molecule has 2 aromatic heterocycles. The van der Waals surface area contributed by atoms with Crippen LogP contribution in [-0.4, -0.2) is 36.4 Å². The summed E-state index contributed by atoms with van der Waals surface area (Å²) in [5.41, 5.74) is 0.146. The van der Waals surface area contributed by atoms with Crippen LogP contribution in [0.15, 0.2) is 29.6 Å². The molecule has 0 aliphatic rings. The largest absolute Gasteiger partial charge is 0.349 e. The normalized spacial score (nSPS) is 12.4. The number of rotatable bonds is 5. The van der Waals surface area contributed by atoms with E-state index in [1.54, 1.807) is 23.5 Å². The number of carbonyl (C=O) groups is 1. The molecule has 2 aromatic rings. The average Bonchev–Trinajstić information content (AvgIpc) is 2.95. The van der Waals surface area contributed by atoms with Gasteiger partial charge in [0.15, 0.2) is 0 Å². The zero-order valence-electron chi connectivity index (χ0n) is 11.6. The van der Waals surface area contributed by atoms with E-state index in [0.29, 0.717) is 6.54 Å². The van der Waals surface area contributed by atoms with Crippen LogP contribution in [0.4, 0.5) is 0 Å². The van der Waals surface area contributed by atoms with Gasteiger partial charge in [0.25, 0.3) is 5.91 Å². The molecular weight excluding hydrogens is 329 g/mol. The van der Waals surface area contributed by atoms with Crippen LogP contribution in [0.1, 0.15) is 21.4 Å². The average molecular weight is 344 g/mol. The van der Waals surface area contributed by atoms with Gasteiger partial charge >= 0.3 is 0 Å². The lowest BCUT2D eigenvalue weighted by atomic mass is 10.2. The number of halogens is 2. The Balaban J connectivity index is 2.07. The summed E-state index contributed by atoms with van der Waals surface area (Å²) in [5, 5.41) is 5.40. The number of amides is 1. The van der Waals surface area contributed by atoms with Crippen molar-refractivity contribution in [1.29, 1.82) is 0 Å². The Kier molecular flexibility index (Phi) is 5.58. The Morgan fingerprint density at radius 2 is 2.14 bits per heavy atom. The van der Waals surface area contributed by atoms with Crippen molar-refractivity contribution in [3.63, 3.8) is 0 Å². The van der Waals surface area contributed by atoms with Crippen molar-refractivity contribution in [2.24, 2.45) is 0 Å². The van der Waals surface area contributed by atoms with Crippen molar-refractivity contribution in [3.8, 4) is 0 Å². The lowest BCUT2D eigenvalue weighted by Crippen LogP contribution is -2.34. The molecule has 0 unspecified atom stereocenters. The van der Waals surface area contributed by atoms with Gasteiger partial charge in [0.2, 0.25) is 0 Å². The van der Waals surface area contributed by atoms with Crippen molar-refractivity contribution < 1.29 is 4.79 Å². The van der Waals surface area contributed by atoms with Gasteiger partial charge in [-0.3, -0.25) is 4.79 Å². The van der Waals surface area contributed by atoms with E-state index in [1.165, 1.54) is 4.88 Å². The second-order valence-electron chi connectivity index (χ2n) is 4.67. The Bertz CT molecular complexity index is 617. The van der Waals surface area contributed by atoms with Crippen molar-refractivity contribution >= 4 is 40.4 Å². The highest BCUT2D eigenvalue weighted by Crippen LogP contribution is 2.23. The highest BCUT2D eigenvalue weighted by atomic mass is 35.5. The highest BCUT2D eigenvalue weighted by molar-refractivity contribution is 7.10. The summed E-state index contributed by atoms with van der Waals surface area (Å²) in [6.07, 6.45) is 0. The first-order valence-electron chi connectivity index (χ1n) is 6.29. The molecule has 0 aromatic carbocycles. The molecule has 112 valence electrons. The minimum absolute atomic E-state index is 0.104. The maximum atomic E-state index is 12.2. The van der Waals surface area contributed by atoms with E-state index in [4.69, 9.17) is 23.2 Å². The zero-order valence-corrected chi connectivity index (χ0v) is 14.0. The number of likely N-dealkylation sites (N-methyl/N-ethyl adjacent to an activating group) is 1. The van der Waals surface area contributed by atoms with Gasteiger partial charge in [-0.15, -0.1) is 11.3 Å². The third-order valence-corrected chi connectivity index (χ3v) is 4.47. The van der Waals surface area contributed by atoms with E-state index >= 15 is 0 Å². The quantitative estimate of drug-likeness (QED) is 0.845. The predicted octanol–water partition coefficient (Wildman–Crippen LogP) is 3.48. The number of aromatic nitrogens is 1. The predicted molar refractivity (Wildman–Crippen MR) is 87.3 cm³/mol. The van der Waals surface area contributed by atoms with Crippen LogP contribution in [0.3, 0.4) is 0 Å². The third-order valence-electron chi connectivity index (χ3n) is 2.98. The van der Waals surface area contributed by atoms with Gasteiger partial charge in [-0.1, -0.05) is 29.3 Å². The number of carbonyl (C=O) groups excluding carboxylic acids is 1. The first kappa shape index (κ1) is 16.2. The Hall–Kier alpha value is -1.14. The standard InChI is InChI=1S/C14H15Cl2N3OS/c1-19(2)10(11-4-3-7-21-11)8-17-14(20)13-9(15)5-6-12(16)18-13/h3-7,10H,8H2,1-2H3,(H,17,20)/t10-/m0/s1. The van der Waals surface area contributed by atoms with E-state index in [0.717, 1.165) is 0 Å². The molecule has 0 aliphatic carbocycles. The van der Waals surface area contributed by atoms with Crippen LogP contribution in [0.5, 0.6) is 0 Å². The van der Waals surface area contributed by atoms with Crippen LogP contribution < -0.4 is 5.32 Å². The van der Waals surface area contributed by atoms with E-state index in [9.17, 15) is 4.79 Å². The van der Waals surface area contributed by atoms with Crippen molar-refractivity contribution in [1.82, 2.24) is 15.2 Å². The zero-order chi connectivity index (χ0) is 15.4. The van der Waals surface area contributed by atoms with Gasteiger partial charge in [0.1, 0.15) is 10.8 Å². The van der Waals surface area contributed by atoms with Gasteiger partial charge in [0, 0.05) is 11.4 Å². The number of nitrogens with zero attached hydrogens (tertiary/aromatic N) is 2. The molecule has 4 nitrogen and oxygen atoms in total. The monoisotopic (exact) mass is 343 g/mol. The van der Waals surface area contributed by atoms with Gasteiger partial charge in [-0.05, 0) is 37.7 Å². The van der Waals surface area contributed by atoms with E-state index in [-0.39, 0.29) is 27.8 Å². The fraction of sp³-hybridized carbons (Fsp3) is 0.286. The maximum Gasteiger partial charge on any atom is 0.271 e. The second-order valence-corrected chi connectivity index (χ2v) is 6.44. The summed E-state index contributed by atoms with van der Waals surface area (Å²) in [6, 6.07) is 7.26.